The first-order valence-corrected chi connectivity index (χ1v) is 11.0. The molecular weight excluding hydrogens is 324 g/mol. The molecule has 0 radical (unpaired) electrons. The van der Waals surface area contributed by atoms with E-state index in [1.54, 1.807) is 4.90 Å². The Morgan fingerprint density at radius 3 is 2.50 bits per heavy atom. The van der Waals surface area contributed by atoms with Crippen molar-refractivity contribution >= 4 is 5.91 Å². The fourth-order valence-corrected chi connectivity index (χ4v) is 4.21. The predicted molar refractivity (Wildman–Crippen MR) is 109 cm³/mol. The van der Waals surface area contributed by atoms with Gasteiger partial charge in [-0.15, -0.1) is 0 Å². The summed E-state index contributed by atoms with van der Waals surface area (Å²) in [6.45, 7) is 18.5. The topological polar surface area (TPSA) is 42.8 Å². The molecule has 1 fully saturated rings. The molecule has 1 saturated heterocycles. The summed E-state index contributed by atoms with van der Waals surface area (Å²) in [6, 6.07) is 0. The van der Waals surface area contributed by atoms with Crippen LogP contribution in [0.15, 0.2) is 0 Å². The molecule has 0 aromatic carbocycles. The lowest BCUT2D eigenvalue weighted by molar-refractivity contribution is -0.896. The summed E-state index contributed by atoms with van der Waals surface area (Å²) in [5.74, 6) is 2.06. The molecule has 0 saturated carbocycles. The smallest absolute Gasteiger partial charge is 0.220 e. The quantitative estimate of drug-likeness (QED) is 0.519. The minimum Gasteiger partial charge on any atom is -0.376 e. The van der Waals surface area contributed by atoms with Gasteiger partial charge in [0.05, 0.1) is 25.2 Å². The van der Waals surface area contributed by atoms with Crippen molar-refractivity contribution in [3.8, 4) is 0 Å². The minimum atomic E-state index is -0.0397. The summed E-state index contributed by atoms with van der Waals surface area (Å²) in [7, 11) is 0. The van der Waals surface area contributed by atoms with Gasteiger partial charge in [0.1, 0.15) is 0 Å². The molecule has 2 atom stereocenters. The summed E-state index contributed by atoms with van der Waals surface area (Å²) < 4.78 is 5.90. The first kappa shape index (κ1) is 23.4. The highest BCUT2D eigenvalue weighted by Crippen LogP contribution is 2.37. The summed E-state index contributed by atoms with van der Waals surface area (Å²) in [5, 5.41) is 3.18. The second kappa shape index (κ2) is 12.0. The van der Waals surface area contributed by atoms with Crippen molar-refractivity contribution in [3.63, 3.8) is 0 Å². The molecule has 1 amide bonds. The lowest BCUT2D eigenvalue weighted by atomic mass is 9.75. The van der Waals surface area contributed by atoms with Crippen LogP contribution in [0.3, 0.4) is 0 Å². The van der Waals surface area contributed by atoms with Gasteiger partial charge < -0.3 is 15.0 Å². The van der Waals surface area contributed by atoms with Gasteiger partial charge in [-0.2, -0.15) is 0 Å². The maximum atomic E-state index is 12.5. The normalized spacial score (nSPS) is 21.2. The van der Waals surface area contributed by atoms with Crippen LogP contribution in [0.1, 0.15) is 80.1 Å². The molecule has 0 aliphatic carbocycles. The highest BCUT2D eigenvalue weighted by molar-refractivity contribution is 5.76. The molecule has 4 heteroatoms. The Bertz CT molecular complexity index is 392. The second-order valence-corrected chi connectivity index (χ2v) is 9.21. The van der Waals surface area contributed by atoms with Gasteiger partial charge in [-0.1, -0.05) is 20.3 Å². The van der Waals surface area contributed by atoms with Gasteiger partial charge in [0.25, 0.3) is 0 Å². The standard InChI is InChI=1S/C22H44N2O2/c1-7-24(8-2)14-9-13-23-21(25)16-19(11-10-18(3)4)20-12-15-26-22(5,6)17-20/h18-20H,7-17H2,1-6H3,(H,23,25)/p+1/t19-,20+/m1/s1. The minimum absolute atomic E-state index is 0.0397. The van der Waals surface area contributed by atoms with Crippen molar-refractivity contribution in [1.29, 1.82) is 0 Å². The van der Waals surface area contributed by atoms with E-state index in [0.717, 1.165) is 45.4 Å². The Labute approximate surface area is 162 Å². The molecule has 1 aliphatic rings. The number of ether oxygens (including phenoxy) is 1. The average Bonchev–Trinajstić information content (AvgIpc) is 2.57. The van der Waals surface area contributed by atoms with E-state index in [0.29, 0.717) is 24.2 Å². The summed E-state index contributed by atoms with van der Waals surface area (Å²) in [6.07, 6.45) is 6.31. The predicted octanol–water partition coefficient (Wildman–Crippen LogP) is 3.07. The number of hydrogen-bond donors (Lipinski definition) is 2. The van der Waals surface area contributed by atoms with Crippen molar-refractivity contribution in [2.45, 2.75) is 85.7 Å². The van der Waals surface area contributed by atoms with Crippen molar-refractivity contribution < 1.29 is 14.4 Å². The van der Waals surface area contributed by atoms with E-state index in [2.05, 4.69) is 46.9 Å². The molecule has 1 aliphatic heterocycles. The molecule has 0 bridgehead atoms. The Morgan fingerprint density at radius 1 is 1.23 bits per heavy atom. The Hall–Kier alpha value is -0.610. The molecular formula is C22H45N2O2+. The van der Waals surface area contributed by atoms with Crippen molar-refractivity contribution in [1.82, 2.24) is 5.32 Å². The molecule has 0 unspecified atom stereocenters. The SMILES string of the molecule is CC[NH+](CC)CCCNC(=O)C[C@@H](CCC(C)C)[C@H]1CCOC(C)(C)C1. The molecule has 4 nitrogen and oxygen atoms in total. The van der Waals surface area contributed by atoms with Gasteiger partial charge in [-0.05, 0) is 64.7 Å². The summed E-state index contributed by atoms with van der Waals surface area (Å²) >= 11 is 0. The third kappa shape index (κ3) is 9.36. The number of carbonyl (C=O) groups is 1. The third-order valence-corrected chi connectivity index (χ3v) is 5.99. The van der Waals surface area contributed by atoms with E-state index in [9.17, 15) is 4.79 Å². The van der Waals surface area contributed by atoms with Crippen LogP contribution in [0.2, 0.25) is 0 Å². The zero-order chi connectivity index (χ0) is 19.6. The van der Waals surface area contributed by atoms with E-state index in [4.69, 9.17) is 4.74 Å². The van der Waals surface area contributed by atoms with Gasteiger partial charge in [-0.25, -0.2) is 0 Å². The van der Waals surface area contributed by atoms with Gasteiger partial charge in [0.2, 0.25) is 5.91 Å². The van der Waals surface area contributed by atoms with Crippen LogP contribution in [-0.4, -0.2) is 44.3 Å². The molecule has 0 spiro atoms. The molecule has 0 aromatic heterocycles. The van der Waals surface area contributed by atoms with Crippen LogP contribution in [0.5, 0.6) is 0 Å². The first-order chi connectivity index (χ1) is 12.3. The highest BCUT2D eigenvalue weighted by atomic mass is 16.5. The molecule has 1 rings (SSSR count). The number of rotatable bonds is 12. The molecule has 1 heterocycles. The zero-order valence-corrected chi connectivity index (χ0v) is 18.3. The second-order valence-electron chi connectivity index (χ2n) is 9.21. The van der Waals surface area contributed by atoms with Gasteiger partial charge in [0, 0.05) is 26.0 Å². The van der Waals surface area contributed by atoms with Crippen LogP contribution in [0, 0.1) is 17.8 Å². The van der Waals surface area contributed by atoms with Crippen LogP contribution in [0.4, 0.5) is 0 Å². The van der Waals surface area contributed by atoms with E-state index in [1.165, 1.54) is 19.5 Å². The zero-order valence-electron chi connectivity index (χ0n) is 18.3. The van der Waals surface area contributed by atoms with Crippen LogP contribution in [-0.2, 0) is 9.53 Å². The average molecular weight is 370 g/mol. The van der Waals surface area contributed by atoms with Crippen LogP contribution >= 0.6 is 0 Å². The maximum absolute atomic E-state index is 12.5. The molecule has 154 valence electrons. The lowest BCUT2D eigenvalue weighted by Gasteiger charge is -2.39. The monoisotopic (exact) mass is 369 g/mol. The maximum Gasteiger partial charge on any atom is 0.220 e. The van der Waals surface area contributed by atoms with E-state index >= 15 is 0 Å². The van der Waals surface area contributed by atoms with Gasteiger partial charge in [-0.3, -0.25) is 4.79 Å². The summed E-state index contributed by atoms with van der Waals surface area (Å²) in [5.41, 5.74) is -0.0397. The molecule has 2 N–H and O–H groups in total. The van der Waals surface area contributed by atoms with E-state index in [1.807, 2.05) is 0 Å². The number of hydrogen-bond acceptors (Lipinski definition) is 2. The number of amides is 1. The Balaban J connectivity index is 2.47. The van der Waals surface area contributed by atoms with Crippen molar-refractivity contribution in [3.05, 3.63) is 0 Å². The Kier molecular flexibility index (Phi) is 10.8. The van der Waals surface area contributed by atoms with Gasteiger partial charge in [0.15, 0.2) is 0 Å². The Morgan fingerprint density at radius 2 is 1.92 bits per heavy atom. The van der Waals surface area contributed by atoms with Crippen LogP contribution in [0.25, 0.3) is 0 Å². The molecule has 26 heavy (non-hydrogen) atoms. The van der Waals surface area contributed by atoms with E-state index in [-0.39, 0.29) is 11.5 Å². The van der Waals surface area contributed by atoms with E-state index < -0.39 is 0 Å². The number of quaternary nitrogens is 1. The fraction of sp³-hybridized carbons (Fsp3) is 0.955. The number of carbonyl (C=O) groups excluding carboxylic acids is 1. The lowest BCUT2D eigenvalue weighted by Crippen LogP contribution is -3.11. The highest BCUT2D eigenvalue weighted by Gasteiger charge is 2.34. The largest absolute Gasteiger partial charge is 0.376 e. The molecule has 0 aromatic rings. The first-order valence-electron chi connectivity index (χ1n) is 11.0. The third-order valence-electron chi connectivity index (χ3n) is 5.99. The summed E-state index contributed by atoms with van der Waals surface area (Å²) in [4.78, 5) is 14.1. The van der Waals surface area contributed by atoms with Crippen molar-refractivity contribution in [2.24, 2.45) is 17.8 Å². The van der Waals surface area contributed by atoms with Crippen LogP contribution < -0.4 is 10.2 Å². The van der Waals surface area contributed by atoms with Crippen molar-refractivity contribution in [2.75, 3.05) is 32.8 Å². The van der Waals surface area contributed by atoms with Gasteiger partial charge >= 0.3 is 0 Å². The number of nitrogens with one attached hydrogen (secondary N) is 2. The fourth-order valence-electron chi connectivity index (χ4n) is 4.21.